The molecule has 4 rings (SSSR count). The lowest BCUT2D eigenvalue weighted by atomic mass is 9.47. The SMILES string of the molecule is COc1cc2c(cc1O)C=C1C(C)(CCC3C(C)(C)CCCC13C)O2. The number of phenols is 1. The van der Waals surface area contributed by atoms with E-state index in [0.29, 0.717) is 17.1 Å². The molecule has 1 aromatic carbocycles. The Labute approximate surface area is 151 Å². The summed E-state index contributed by atoms with van der Waals surface area (Å²) in [5, 5.41) is 10.2. The van der Waals surface area contributed by atoms with Gasteiger partial charge in [-0.25, -0.2) is 0 Å². The Morgan fingerprint density at radius 1 is 1.12 bits per heavy atom. The van der Waals surface area contributed by atoms with Crippen molar-refractivity contribution in [3.63, 3.8) is 0 Å². The number of methoxy groups -OCH3 is 1. The van der Waals surface area contributed by atoms with Crippen LogP contribution in [0.5, 0.6) is 17.2 Å². The minimum atomic E-state index is -0.256. The predicted octanol–water partition coefficient (Wildman–Crippen LogP) is 5.56. The number of rotatable bonds is 1. The second-order valence-corrected chi connectivity index (χ2v) is 9.30. The van der Waals surface area contributed by atoms with Gasteiger partial charge < -0.3 is 14.6 Å². The summed E-state index contributed by atoms with van der Waals surface area (Å²) >= 11 is 0. The van der Waals surface area contributed by atoms with Gasteiger partial charge in [0.25, 0.3) is 0 Å². The second-order valence-electron chi connectivity index (χ2n) is 9.30. The van der Waals surface area contributed by atoms with Gasteiger partial charge in [0.15, 0.2) is 11.5 Å². The van der Waals surface area contributed by atoms with Crippen molar-refractivity contribution in [2.24, 2.45) is 16.7 Å². The molecule has 25 heavy (non-hydrogen) atoms. The van der Waals surface area contributed by atoms with Gasteiger partial charge in [-0.1, -0.05) is 27.2 Å². The third-order valence-electron chi connectivity index (χ3n) is 7.27. The van der Waals surface area contributed by atoms with E-state index in [2.05, 4.69) is 33.8 Å². The molecule has 0 saturated heterocycles. The summed E-state index contributed by atoms with van der Waals surface area (Å²) in [7, 11) is 1.57. The Hall–Kier alpha value is -1.64. The second kappa shape index (κ2) is 5.18. The van der Waals surface area contributed by atoms with Crippen LogP contribution in [0, 0.1) is 16.7 Å². The molecule has 1 aliphatic heterocycles. The number of phenolic OH excluding ortho intramolecular Hbond substituents is 1. The summed E-state index contributed by atoms with van der Waals surface area (Å²) in [5.41, 5.74) is 2.67. The van der Waals surface area contributed by atoms with Crippen molar-refractivity contribution in [1.82, 2.24) is 0 Å². The van der Waals surface area contributed by atoms with Gasteiger partial charge in [-0.3, -0.25) is 0 Å². The average Bonchev–Trinajstić information content (AvgIpc) is 2.52. The lowest BCUT2D eigenvalue weighted by Gasteiger charge is -2.60. The van der Waals surface area contributed by atoms with E-state index < -0.39 is 0 Å². The first-order valence-electron chi connectivity index (χ1n) is 9.52. The molecule has 2 fully saturated rings. The molecular weight excluding hydrogens is 312 g/mol. The molecule has 2 saturated carbocycles. The monoisotopic (exact) mass is 342 g/mol. The molecule has 1 heterocycles. The summed E-state index contributed by atoms with van der Waals surface area (Å²) in [6.07, 6.45) is 8.36. The summed E-state index contributed by atoms with van der Waals surface area (Å²) in [4.78, 5) is 0. The Morgan fingerprint density at radius 3 is 2.60 bits per heavy atom. The molecule has 0 bridgehead atoms. The third kappa shape index (κ3) is 2.31. The van der Waals surface area contributed by atoms with E-state index in [-0.39, 0.29) is 16.8 Å². The van der Waals surface area contributed by atoms with Crippen molar-refractivity contribution in [1.29, 1.82) is 0 Å². The molecule has 0 amide bonds. The quantitative estimate of drug-likeness (QED) is 0.726. The molecule has 3 aliphatic rings. The largest absolute Gasteiger partial charge is 0.504 e. The molecule has 2 aliphatic carbocycles. The number of hydrogen-bond donors (Lipinski definition) is 1. The van der Waals surface area contributed by atoms with Crippen LogP contribution in [0.25, 0.3) is 6.08 Å². The van der Waals surface area contributed by atoms with Crippen LogP contribution in [0.2, 0.25) is 0 Å². The smallest absolute Gasteiger partial charge is 0.164 e. The van der Waals surface area contributed by atoms with Crippen molar-refractivity contribution < 1.29 is 14.6 Å². The molecule has 3 unspecified atom stereocenters. The zero-order chi connectivity index (χ0) is 18.0. The minimum Gasteiger partial charge on any atom is -0.504 e. The molecule has 1 N–H and O–H groups in total. The Kier molecular flexibility index (Phi) is 3.49. The minimum absolute atomic E-state index is 0.169. The Balaban J connectivity index is 1.86. The highest BCUT2D eigenvalue weighted by molar-refractivity contribution is 5.69. The maximum absolute atomic E-state index is 10.2. The predicted molar refractivity (Wildman–Crippen MR) is 100 cm³/mol. The molecule has 0 aromatic heterocycles. The number of benzene rings is 1. The molecule has 0 spiro atoms. The summed E-state index contributed by atoms with van der Waals surface area (Å²) in [5.74, 6) is 2.15. The molecule has 3 atom stereocenters. The van der Waals surface area contributed by atoms with Crippen LogP contribution in [0.15, 0.2) is 17.7 Å². The van der Waals surface area contributed by atoms with Crippen molar-refractivity contribution in [3.05, 3.63) is 23.3 Å². The molecule has 3 heteroatoms. The van der Waals surface area contributed by atoms with Crippen molar-refractivity contribution in [2.45, 2.75) is 65.4 Å². The van der Waals surface area contributed by atoms with Gasteiger partial charge >= 0.3 is 0 Å². The van der Waals surface area contributed by atoms with E-state index >= 15 is 0 Å². The van der Waals surface area contributed by atoms with Gasteiger partial charge in [0.05, 0.1) is 7.11 Å². The van der Waals surface area contributed by atoms with Crippen LogP contribution in [0.4, 0.5) is 0 Å². The van der Waals surface area contributed by atoms with Crippen molar-refractivity contribution in [3.8, 4) is 17.2 Å². The summed E-state index contributed by atoms with van der Waals surface area (Å²) in [6, 6.07) is 3.60. The van der Waals surface area contributed by atoms with Crippen LogP contribution >= 0.6 is 0 Å². The normalized spacial score (nSPS) is 35.6. The number of aromatic hydroxyl groups is 1. The number of ether oxygens (including phenoxy) is 2. The molecule has 3 nitrogen and oxygen atoms in total. The van der Waals surface area contributed by atoms with Crippen LogP contribution in [0.3, 0.4) is 0 Å². The highest BCUT2D eigenvalue weighted by Gasteiger charge is 2.57. The van der Waals surface area contributed by atoms with Crippen LogP contribution in [-0.2, 0) is 0 Å². The first-order chi connectivity index (χ1) is 11.7. The molecular formula is C22H30O3. The molecule has 1 aromatic rings. The van der Waals surface area contributed by atoms with Gasteiger partial charge in [-0.15, -0.1) is 0 Å². The first kappa shape index (κ1) is 16.8. The van der Waals surface area contributed by atoms with Gasteiger partial charge in [0.1, 0.15) is 11.4 Å². The fraction of sp³-hybridized carbons (Fsp3) is 0.636. The lowest BCUT2D eigenvalue weighted by molar-refractivity contribution is -0.0516. The highest BCUT2D eigenvalue weighted by Crippen LogP contribution is 2.64. The van der Waals surface area contributed by atoms with Gasteiger partial charge in [-0.2, -0.15) is 0 Å². The fourth-order valence-electron chi connectivity index (χ4n) is 6.06. The zero-order valence-corrected chi connectivity index (χ0v) is 16.1. The topological polar surface area (TPSA) is 38.7 Å². The van der Waals surface area contributed by atoms with E-state index in [0.717, 1.165) is 17.7 Å². The van der Waals surface area contributed by atoms with Crippen molar-refractivity contribution >= 4 is 6.08 Å². The maximum Gasteiger partial charge on any atom is 0.164 e. The Morgan fingerprint density at radius 2 is 1.88 bits per heavy atom. The fourth-order valence-corrected chi connectivity index (χ4v) is 6.06. The van der Waals surface area contributed by atoms with Crippen LogP contribution in [-0.4, -0.2) is 17.8 Å². The van der Waals surface area contributed by atoms with Gasteiger partial charge in [0.2, 0.25) is 0 Å². The van der Waals surface area contributed by atoms with Gasteiger partial charge in [0, 0.05) is 11.6 Å². The van der Waals surface area contributed by atoms with E-state index in [4.69, 9.17) is 9.47 Å². The number of hydrogen-bond acceptors (Lipinski definition) is 3. The van der Waals surface area contributed by atoms with Gasteiger partial charge in [-0.05, 0) is 67.1 Å². The highest BCUT2D eigenvalue weighted by atomic mass is 16.5. The first-order valence-corrected chi connectivity index (χ1v) is 9.52. The maximum atomic E-state index is 10.2. The average molecular weight is 342 g/mol. The van der Waals surface area contributed by atoms with E-state index in [1.165, 1.54) is 31.3 Å². The van der Waals surface area contributed by atoms with Crippen LogP contribution in [0.1, 0.15) is 65.4 Å². The van der Waals surface area contributed by atoms with E-state index in [1.807, 2.05) is 6.07 Å². The van der Waals surface area contributed by atoms with Crippen LogP contribution < -0.4 is 9.47 Å². The standard InChI is InChI=1S/C22H30O3/c1-20(2)8-6-9-21(3)18(20)7-10-22(4)19(21)12-14-11-15(23)17(24-5)13-16(14)25-22/h11-13,18,23H,6-10H2,1-5H3. The van der Waals surface area contributed by atoms with Crippen molar-refractivity contribution in [2.75, 3.05) is 7.11 Å². The van der Waals surface area contributed by atoms with E-state index in [1.54, 1.807) is 13.2 Å². The molecule has 0 radical (unpaired) electrons. The molecule has 136 valence electrons. The zero-order valence-electron chi connectivity index (χ0n) is 16.1. The third-order valence-corrected chi connectivity index (χ3v) is 7.27. The van der Waals surface area contributed by atoms with E-state index in [9.17, 15) is 5.11 Å². The lowest BCUT2D eigenvalue weighted by Crippen LogP contribution is -2.55. The summed E-state index contributed by atoms with van der Waals surface area (Å²) in [6.45, 7) is 9.56. The number of fused-ring (bicyclic) bond motifs is 4. The summed E-state index contributed by atoms with van der Waals surface area (Å²) < 4.78 is 11.8. The Bertz CT molecular complexity index is 748.